The van der Waals surface area contributed by atoms with Crippen molar-refractivity contribution in [1.29, 1.82) is 0 Å². The highest BCUT2D eigenvalue weighted by molar-refractivity contribution is 5.28. The fourth-order valence-electron chi connectivity index (χ4n) is 3.14. The van der Waals surface area contributed by atoms with Gasteiger partial charge in [0, 0.05) is 12.0 Å². The molecular weight excluding hydrogens is 238 g/mol. The molecular formula is C16H25NO2. The van der Waals surface area contributed by atoms with Gasteiger partial charge >= 0.3 is 0 Å². The van der Waals surface area contributed by atoms with E-state index in [9.17, 15) is 5.11 Å². The maximum Gasteiger partial charge on any atom is 0.156 e. The Morgan fingerprint density at radius 2 is 2.16 bits per heavy atom. The van der Waals surface area contributed by atoms with E-state index in [-0.39, 0.29) is 11.2 Å². The van der Waals surface area contributed by atoms with E-state index in [1.165, 1.54) is 32.4 Å². The highest BCUT2D eigenvalue weighted by Gasteiger charge is 2.33. The second-order valence-corrected chi connectivity index (χ2v) is 5.70. The number of aliphatic hydroxyl groups excluding tert-OH is 1. The highest BCUT2D eigenvalue weighted by Crippen LogP contribution is 2.37. The Bertz CT molecular complexity index is 380. The van der Waals surface area contributed by atoms with E-state index in [1.807, 2.05) is 12.2 Å². The quantitative estimate of drug-likeness (QED) is 0.772. The van der Waals surface area contributed by atoms with Crippen molar-refractivity contribution < 1.29 is 9.84 Å². The summed E-state index contributed by atoms with van der Waals surface area (Å²) in [7, 11) is 1.61. The molecule has 2 rings (SSSR count). The number of rotatable bonds is 5. The molecule has 3 heteroatoms. The zero-order valence-corrected chi connectivity index (χ0v) is 11.9. The summed E-state index contributed by atoms with van der Waals surface area (Å²) < 4.78 is 5.28. The van der Waals surface area contributed by atoms with Crippen LogP contribution in [0.5, 0.6) is 0 Å². The van der Waals surface area contributed by atoms with E-state index in [0.29, 0.717) is 5.76 Å². The van der Waals surface area contributed by atoms with Gasteiger partial charge in [-0.2, -0.15) is 0 Å². The van der Waals surface area contributed by atoms with Crippen LogP contribution in [0.2, 0.25) is 0 Å². The van der Waals surface area contributed by atoms with Crippen molar-refractivity contribution >= 4 is 0 Å². The third kappa shape index (κ3) is 3.41. The minimum atomic E-state index is 0.0245. The van der Waals surface area contributed by atoms with Crippen LogP contribution >= 0.6 is 0 Å². The molecule has 2 aliphatic rings. The SMILES string of the molecule is C=CCC1(CN2CCCCC2)C=C(OC)C(O)=CC1. The van der Waals surface area contributed by atoms with Crippen molar-refractivity contribution in [3.8, 4) is 0 Å². The Hall–Kier alpha value is -1.22. The summed E-state index contributed by atoms with van der Waals surface area (Å²) in [5.41, 5.74) is 0.0245. The van der Waals surface area contributed by atoms with Gasteiger partial charge in [0.1, 0.15) is 0 Å². The molecule has 1 aliphatic heterocycles. The predicted octanol–water partition coefficient (Wildman–Crippen LogP) is 3.41. The van der Waals surface area contributed by atoms with Crippen LogP contribution in [-0.4, -0.2) is 36.8 Å². The normalized spacial score (nSPS) is 28.5. The molecule has 0 aromatic heterocycles. The maximum absolute atomic E-state index is 9.80. The summed E-state index contributed by atoms with van der Waals surface area (Å²) in [6.07, 6.45) is 11.7. The van der Waals surface area contributed by atoms with Gasteiger partial charge in [0.2, 0.25) is 0 Å². The first-order valence-electron chi connectivity index (χ1n) is 7.19. The van der Waals surface area contributed by atoms with Crippen LogP contribution in [0, 0.1) is 5.41 Å². The molecule has 0 radical (unpaired) electrons. The van der Waals surface area contributed by atoms with Crippen LogP contribution < -0.4 is 0 Å². The summed E-state index contributed by atoms with van der Waals surface area (Å²) in [6, 6.07) is 0. The third-order valence-electron chi connectivity index (χ3n) is 4.15. The zero-order valence-electron chi connectivity index (χ0n) is 11.9. The van der Waals surface area contributed by atoms with Gasteiger partial charge in [-0.1, -0.05) is 12.5 Å². The van der Waals surface area contributed by atoms with Gasteiger partial charge in [-0.15, -0.1) is 6.58 Å². The number of nitrogens with zero attached hydrogens (tertiary/aromatic N) is 1. The van der Waals surface area contributed by atoms with Crippen molar-refractivity contribution in [2.75, 3.05) is 26.7 Å². The molecule has 1 aliphatic carbocycles. The molecule has 106 valence electrons. The van der Waals surface area contributed by atoms with Crippen molar-refractivity contribution in [3.05, 3.63) is 36.3 Å². The lowest BCUT2D eigenvalue weighted by atomic mass is 9.77. The smallest absolute Gasteiger partial charge is 0.156 e. The third-order valence-corrected chi connectivity index (χ3v) is 4.15. The predicted molar refractivity (Wildman–Crippen MR) is 78.0 cm³/mol. The number of methoxy groups -OCH3 is 1. The molecule has 1 heterocycles. The molecule has 0 aromatic carbocycles. The summed E-state index contributed by atoms with van der Waals surface area (Å²) in [5, 5.41) is 9.80. The number of aliphatic hydroxyl groups is 1. The number of likely N-dealkylation sites (tertiary alicyclic amines) is 1. The van der Waals surface area contributed by atoms with Gasteiger partial charge in [-0.25, -0.2) is 0 Å². The number of allylic oxidation sites excluding steroid dienone is 2. The standard InChI is InChI=1S/C16H25NO2/c1-3-8-16(13-17-10-5-4-6-11-17)9-7-14(18)15(12-16)19-2/h3,7,12,18H,1,4-6,8-11,13H2,2H3. The molecule has 1 fully saturated rings. The van der Waals surface area contributed by atoms with E-state index >= 15 is 0 Å². The number of ether oxygens (including phenoxy) is 1. The monoisotopic (exact) mass is 263 g/mol. The van der Waals surface area contributed by atoms with Gasteiger partial charge in [0.25, 0.3) is 0 Å². The first-order valence-corrected chi connectivity index (χ1v) is 7.19. The van der Waals surface area contributed by atoms with Crippen LogP contribution in [0.1, 0.15) is 32.1 Å². The van der Waals surface area contributed by atoms with Gasteiger partial charge in [-0.05, 0) is 50.9 Å². The van der Waals surface area contributed by atoms with Gasteiger partial charge < -0.3 is 14.7 Å². The molecule has 0 spiro atoms. The largest absolute Gasteiger partial charge is 0.504 e. The van der Waals surface area contributed by atoms with Crippen molar-refractivity contribution in [2.24, 2.45) is 5.41 Å². The molecule has 0 bridgehead atoms. The fourth-order valence-corrected chi connectivity index (χ4v) is 3.14. The van der Waals surface area contributed by atoms with Crippen LogP contribution in [0.25, 0.3) is 0 Å². The average Bonchev–Trinajstić information content (AvgIpc) is 2.43. The maximum atomic E-state index is 9.80. The summed E-state index contributed by atoms with van der Waals surface area (Å²) in [6.45, 7) is 7.29. The van der Waals surface area contributed by atoms with Crippen LogP contribution in [0.3, 0.4) is 0 Å². The topological polar surface area (TPSA) is 32.7 Å². The number of hydrogen-bond acceptors (Lipinski definition) is 3. The van der Waals surface area contributed by atoms with Crippen molar-refractivity contribution in [2.45, 2.75) is 32.1 Å². The first-order chi connectivity index (χ1) is 9.19. The van der Waals surface area contributed by atoms with Gasteiger partial charge in [0.05, 0.1) is 7.11 Å². The minimum Gasteiger partial charge on any atom is -0.504 e. The zero-order chi connectivity index (χ0) is 13.7. The number of hydrogen-bond donors (Lipinski definition) is 1. The van der Waals surface area contributed by atoms with E-state index in [1.54, 1.807) is 7.11 Å². The fraction of sp³-hybridized carbons (Fsp3) is 0.625. The lowest BCUT2D eigenvalue weighted by molar-refractivity contribution is 0.149. The van der Waals surface area contributed by atoms with E-state index in [4.69, 9.17) is 4.74 Å². The van der Waals surface area contributed by atoms with Gasteiger partial charge in [-0.3, -0.25) is 0 Å². The van der Waals surface area contributed by atoms with Gasteiger partial charge in [0.15, 0.2) is 11.5 Å². The van der Waals surface area contributed by atoms with Crippen molar-refractivity contribution in [3.63, 3.8) is 0 Å². The lowest BCUT2D eigenvalue weighted by Crippen LogP contribution is -2.40. The molecule has 19 heavy (non-hydrogen) atoms. The molecule has 1 saturated heterocycles. The molecule has 0 aromatic rings. The van der Waals surface area contributed by atoms with Crippen LogP contribution in [-0.2, 0) is 4.74 Å². The Morgan fingerprint density at radius 3 is 2.79 bits per heavy atom. The Kier molecular flexibility index (Phi) is 4.70. The molecule has 1 atom stereocenters. The van der Waals surface area contributed by atoms with Crippen LogP contribution in [0.15, 0.2) is 36.3 Å². The lowest BCUT2D eigenvalue weighted by Gasteiger charge is -2.38. The molecule has 1 unspecified atom stereocenters. The summed E-state index contributed by atoms with van der Waals surface area (Å²) in [4.78, 5) is 2.53. The molecule has 3 nitrogen and oxygen atoms in total. The molecule has 0 saturated carbocycles. The highest BCUT2D eigenvalue weighted by atomic mass is 16.5. The van der Waals surface area contributed by atoms with Crippen LogP contribution in [0.4, 0.5) is 0 Å². The van der Waals surface area contributed by atoms with E-state index in [2.05, 4.69) is 17.6 Å². The Labute approximate surface area is 116 Å². The molecule has 1 N–H and O–H groups in total. The Morgan fingerprint density at radius 1 is 1.42 bits per heavy atom. The van der Waals surface area contributed by atoms with Crippen molar-refractivity contribution in [1.82, 2.24) is 4.90 Å². The second kappa shape index (κ2) is 6.29. The minimum absolute atomic E-state index is 0.0245. The first kappa shape index (κ1) is 14.2. The second-order valence-electron chi connectivity index (χ2n) is 5.70. The summed E-state index contributed by atoms with van der Waals surface area (Å²) >= 11 is 0. The van der Waals surface area contributed by atoms with E-state index in [0.717, 1.165) is 19.4 Å². The summed E-state index contributed by atoms with van der Waals surface area (Å²) in [5.74, 6) is 0.867. The molecule has 0 amide bonds. The Balaban J connectivity index is 2.13. The van der Waals surface area contributed by atoms with E-state index < -0.39 is 0 Å². The average molecular weight is 263 g/mol. The number of piperidine rings is 1.